The maximum atomic E-state index is 11.0. The number of nitro benzene ring substituents is 1. The van der Waals surface area contributed by atoms with Crippen LogP contribution in [-0.4, -0.2) is 21.5 Å². The van der Waals surface area contributed by atoms with Crippen LogP contribution in [0.3, 0.4) is 0 Å². The molecule has 0 aliphatic carbocycles. The maximum Gasteiger partial charge on any atom is 0.292 e. The van der Waals surface area contributed by atoms with Gasteiger partial charge >= 0.3 is 0 Å². The molecule has 0 amide bonds. The van der Waals surface area contributed by atoms with E-state index < -0.39 is 0 Å². The van der Waals surface area contributed by atoms with Gasteiger partial charge in [0.2, 0.25) is 0 Å². The van der Waals surface area contributed by atoms with E-state index in [-0.39, 0.29) is 10.6 Å². The number of nitrogens with one attached hydrogen (secondary N) is 1. The molecule has 1 heterocycles. The number of rotatable bonds is 5. The number of thioether (sulfide) groups is 1. The predicted molar refractivity (Wildman–Crippen MR) is 75.4 cm³/mol. The normalized spacial score (nSPS) is 10.4. The average molecular weight is 278 g/mol. The molecule has 0 saturated carbocycles. The number of aryl methyl sites for hydroxylation is 1. The van der Waals surface area contributed by atoms with Gasteiger partial charge in [0.25, 0.3) is 5.69 Å². The quantitative estimate of drug-likeness (QED) is 0.517. The van der Waals surface area contributed by atoms with E-state index in [2.05, 4.69) is 10.3 Å². The summed E-state index contributed by atoms with van der Waals surface area (Å²) in [6, 6.07) is 5.21. The van der Waals surface area contributed by atoms with E-state index in [4.69, 9.17) is 0 Å². The van der Waals surface area contributed by atoms with Gasteiger partial charge in [-0.05, 0) is 11.6 Å². The van der Waals surface area contributed by atoms with E-state index in [9.17, 15) is 10.1 Å². The molecule has 7 heteroatoms. The minimum absolute atomic E-state index is 0.0976. The molecule has 0 unspecified atom stereocenters. The fraction of sp³-hybridized carbons (Fsp3) is 0.250. The lowest BCUT2D eigenvalue weighted by atomic mass is 10.2. The second-order valence-corrected chi connectivity index (χ2v) is 4.91. The lowest BCUT2D eigenvalue weighted by Gasteiger charge is -2.05. The minimum Gasteiger partial charge on any atom is -0.383 e. The fourth-order valence-corrected chi connectivity index (χ4v) is 2.54. The van der Waals surface area contributed by atoms with Gasteiger partial charge in [-0.2, -0.15) is 0 Å². The van der Waals surface area contributed by atoms with Gasteiger partial charge in [0, 0.05) is 38.3 Å². The number of benzene rings is 1. The van der Waals surface area contributed by atoms with Gasteiger partial charge in [0.05, 0.1) is 4.92 Å². The van der Waals surface area contributed by atoms with Crippen molar-refractivity contribution in [3.05, 3.63) is 46.3 Å². The molecule has 100 valence electrons. The van der Waals surface area contributed by atoms with Crippen LogP contribution >= 0.6 is 11.8 Å². The Kier molecular flexibility index (Phi) is 4.06. The molecule has 1 N–H and O–H groups in total. The van der Waals surface area contributed by atoms with Crippen LogP contribution in [-0.2, 0) is 12.8 Å². The molecule has 1 aromatic carbocycles. The van der Waals surface area contributed by atoms with E-state index in [1.165, 1.54) is 0 Å². The van der Waals surface area contributed by atoms with Crippen molar-refractivity contribution in [2.45, 2.75) is 10.9 Å². The van der Waals surface area contributed by atoms with E-state index >= 15 is 0 Å². The summed E-state index contributed by atoms with van der Waals surface area (Å²) in [6.45, 7) is 0. The molecule has 0 radical (unpaired) electrons. The summed E-state index contributed by atoms with van der Waals surface area (Å²) in [6.07, 6.45) is 3.60. The molecular formula is C12H14N4O2S. The van der Waals surface area contributed by atoms with Gasteiger partial charge in [0.15, 0.2) is 5.16 Å². The molecule has 0 aliphatic heterocycles. The lowest BCUT2D eigenvalue weighted by molar-refractivity contribution is -0.384. The monoisotopic (exact) mass is 278 g/mol. The van der Waals surface area contributed by atoms with Crippen molar-refractivity contribution < 1.29 is 4.92 Å². The molecule has 0 saturated heterocycles. The first-order chi connectivity index (χ1) is 9.11. The SMILES string of the molecule is CNc1ccc(CSc2nccn2C)cc1[N+](=O)[O-]. The number of nitro groups is 1. The van der Waals surface area contributed by atoms with Gasteiger partial charge in [-0.1, -0.05) is 17.8 Å². The molecule has 2 rings (SSSR count). The Morgan fingerprint density at radius 2 is 2.32 bits per heavy atom. The fourth-order valence-electron chi connectivity index (χ4n) is 1.67. The Morgan fingerprint density at radius 3 is 2.89 bits per heavy atom. The Balaban J connectivity index is 2.15. The van der Waals surface area contributed by atoms with Gasteiger partial charge in [-0.25, -0.2) is 4.98 Å². The first kappa shape index (κ1) is 13.4. The Morgan fingerprint density at radius 1 is 1.53 bits per heavy atom. The second kappa shape index (κ2) is 5.75. The first-order valence-electron chi connectivity index (χ1n) is 5.67. The van der Waals surface area contributed by atoms with Crippen LogP contribution in [0.25, 0.3) is 0 Å². The number of imidazole rings is 1. The molecule has 1 aromatic heterocycles. The third-order valence-corrected chi connectivity index (χ3v) is 3.80. The molecule has 2 aromatic rings. The highest BCUT2D eigenvalue weighted by molar-refractivity contribution is 7.98. The third kappa shape index (κ3) is 3.05. The Hall–Kier alpha value is -2.02. The molecule has 0 spiro atoms. The number of anilines is 1. The third-order valence-electron chi connectivity index (χ3n) is 2.67. The van der Waals surface area contributed by atoms with Crippen molar-refractivity contribution in [1.29, 1.82) is 0 Å². The Labute approximate surface area is 115 Å². The van der Waals surface area contributed by atoms with Crippen molar-refractivity contribution >= 4 is 23.1 Å². The lowest BCUT2D eigenvalue weighted by Crippen LogP contribution is -1.97. The molecular weight excluding hydrogens is 264 g/mol. The topological polar surface area (TPSA) is 73.0 Å². The van der Waals surface area contributed by atoms with E-state index in [1.54, 1.807) is 37.1 Å². The largest absolute Gasteiger partial charge is 0.383 e. The summed E-state index contributed by atoms with van der Waals surface area (Å²) in [7, 11) is 3.59. The molecule has 0 atom stereocenters. The highest BCUT2D eigenvalue weighted by atomic mass is 32.2. The van der Waals surface area contributed by atoms with Crippen molar-refractivity contribution in [3.63, 3.8) is 0 Å². The van der Waals surface area contributed by atoms with Gasteiger partial charge in [-0.3, -0.25) is 10.1 Å². The standard InChI is InChI=1S/C12H14N4O2S/c1-13-10-4-3-9(7-11(10)16(17)18)8-19-12-14-5-6-15(12)2/h3-7,13H,8H2,1-2H3. The van der Waals surface area contributed by atoms with Crippen molar-refractivity contribution in [3.8, 4) is 0 Å². The maximum absolute atomic E-state index is 11.0. The number of nitrogens with zero attached hydrogens (tertiary/aromatic N) is 3. The summed E-state index contributed by atoms with van der Waals surface area (Å²) < 4.78 is 1.92. The van der Waals surface area contributed by atoms with E-state index in [0.29, 0.717) is 11.4 Å². The summed E-state index contributed by atoms with van der Waals surface area (Å²) in [4.78, 5) is 14.8. The first-order valence-corrected chi connectivity index (χ1v) is 6.65. The highest BCUT2D eigenvalue weighted by Crippen LogP contribution is 2.28. The van der Waals surface area contributed by atoms with Crippen molar-refractivity contribution in [2.75, 3.05) is 12.4 Å². The smallest absolute Gasteiger partial charge is 0.292 e. The summed E-state index contributed by atoms with van der Waals surface area (Å²) in [5, 5.41) is 14.7. The predicted octanol–water partition coefficient (Wildman–Crippen LogP) is 2.66. The van der Waals surface area contributed by atoms with Crippen molar-refractivity contribution in [2.24, 2.45) is 7.05 Å². The highest BCUT2D eigenvalue weighted by Gasteiger charge is 2.13. The zero-order valence-electron chi connectivity index (χ0n) is 10.7. The van der Waals surface area contributed by atoms with Gasteiger partial charge < -0.3 is 9.88 Å². The number of hydrogen-bond acceptors (Lipinski definition) is 5. The molecule has 0 fully saturated rings. The molecule has 6 nitrogen and oxygen atoms in total. The van der Waals surface area contributed by atoms with Crippen LogP contribution < -0.4 is 5.32 Å². The second-order valence-electron chi connectivity index (χ2n) is 3.97. The number of hydrogen-bond donors (Lipinski definition) is 1. The average Bonchev–Trinajstić information content (AvgIpc) is 2.81. The summed E-state index contributed by atoms with van der Waals surface area (Å²) >= 11 is 1.55. The van der Waals surface area contributed by atoms with Crippen molar-refractivity contribution in [1.82, 2.24) is 9.55 Å². The van der Waals surface area contributed by atoms with Crippen LogP contribution in [0.1, 0.15) is 5.56 Å². The molecule has 0 bridgehead atoms. The minimum atomic E-state index is -0.374. The zero-order chi connectivity index (χ0) is 13.8. The summed E-state index contributed by atoms with van der Waals surface area (Å²) in [5.74, 6) is 0.648. The van der Waals surface area contributed by atoms with Gasteiger partial charge in [0.1, 0.15) is 5.69 Å². The molecule has 0 aliphatic rings. The van der Waals surface area contributed by atoms with Crippen LogP contribution in [0.4, 0.5) is 11.4 Å². The Bertz CT molecular complexity index is 597. The number of aromatic nitrogens is 2. The van der Waals surface area contributed by atoms with E-state index in [1.807, 2.05) is 23.9 Å². The van der Waals surface area contributed by atoms with Crippen LogP contribution in [0.15, 0.2) is 35.7 Å². The molecule has 19 heavy (non-hydrogen) atoms. The van der Waals surface area contributed by atoms with Crippen LogP contribution in [0.2, 0.25) is 0 Å². The van der Waals surface area contributed by atoms with Crippen LogP contribution in [0, 0.1) is 10.1 Å². The summed E-state index contributed by atoms with van der Waals surface area (Å²) in [5.41, 5.74) is 1.52. The van der Waals surface area contributed by atoms with Gasteiger partial charge in [-0.15, -0.1) is 0 Å². The zero-order valence-corrected chi connectivity index (χ0v) is 11.5. The van der Waals surface area contributed by atoms with E-state index in [0.717, 1.165) is 10.7 Å². The van der Waals surface area contributed by atoms with Crippen LogP contribution in [0.5, 0.6) is 0 Å².